The second-order valence-electron chi connectivity index (χ2n) is 7.14. The van der Waals surface area contributed by atoms with Crippen LogP contribution < -0.4 is 4.90 Å². The first kappa shape index (κ1) is 17.0. The van der Waals surface area contributed by atoms with Crippen molar-refractivity contribution >= 4 is 23.4 Å². The van der Waals surface area contributed by atoms with Crippen LogP contribution >= 0.6 is 0 Å². The summed E-state index contributed by atoms with van der Waals surface area (Å²) in [4.78, 5) is 41.8. The Labute approximate surface area is 152 Å². The number of hydrogen-bond donors (Lipinski definition) is 0. The van der Waals surface area contributed by atoms with Gasteiger partial charge in [0.25, 0.3) is 5.91 Å². The summed E-state index contributed by atoms with van der Waals surface area (Å²) in [7, 11) is 0. The standard InChI is InChI=1S/C20H22N2O4/c1-13-6-7-14-16(12-13)20(25)22(19(14)24)17-5-3-2-4-15(17)18(23)21-8-10-26-11-9-21/h2-6,14,16H,7-12H2,1H3/t14-,16+/m1/s1. The van der Waals surface area contributed by atoms with E-state index in [9.17, 15) is 14.4 Å². The predicted octanol–water partition coefficient (Wildman–Crippen LogP) is 2.00. The molecule has 26 heavy (non-hydrogen) atoms. The first-order valence-corrected chi connectivity index (χ1v) is 9.07. The molecule has 3 aliphatic rings. The molecule has 0 bridgehead atoms. The van der Waals surface area contributed by atoms with Gasteiger partial charge in [-0.05, 0) is 31.9 Å². The summed E-state index contributed by atoms with van der Waals surface area (Å²) in [6, 6.07) is 6.92. The van der Waals surface area contributed by atoms with Crippen LogP contribution in [0.3, 0.4) is 0 Å². The lowest BCUT2D eigenvalue weighted by Crippen LogP contribution is -2.42. The van der Waals surface area contributed by atoms with Gasteiger partial charge in [-0.1, -0.05) is 23.8 Å². The van der Waals surface area contributed by atoms with Crippen LogP contribution in [0.1, 0.15) is 30.1 Å². The van der Waals surface area contributed by atoms with Gasteiger partial charge in [-0.25, -0.2) is 4.90 Å². The van der Waals surface area contributed by atoms with E-state index in [4.69, 9.17) is 4.74 Å². The molecule has 1 aliphatic carbocycles. The Kier molecular flexibility index (Phi) is 4.36. The molecular formula is C20H22N2O4. The van der Waals surface area contributed by atoms with Crippen LogP contribution in [0.5, 0.6) is 0 Å². The molecule has 2 heterocycles. The number of carbonyl (C=O) groups is 3. The molecule has 136 valence electrons. The van der Waals surface area contributed by atoms with E-state index in [-0.39, 0.29) is 29.6 Å². The van der Waals surface area contributed by atoms with E-state index in [0.29, 0.717) is 50.4 Å². The molecule has 0 N–H and O–H groups in total. The van der Waals surface area contributed by atoms with Crippen molar-refractivity contribution in [1.82, 2.24) is 4.90 Å². The predicted molar refractivity (Wildman–Crippen MR) is 95.6 cm³/mol. The highest BCUT2D eigenvalue weighted by molar-refractivity contribution is 6.24. The summed E-state index contributed by atoms with van der Waals surface area (Å²) in [6.45, 7) is 4.04. The lowest BCUT2D eigenvalue weighted by Gasteiger charge is -2.28. The van der Waals surface area contributed by atoms with Crippen LogP contribution in [-0.4, -0.2) is 48.9 Å². The van der Waals surface area contributed by atoms with Crippen molar-refractivity contribution < 1.29 is 19.1 Å². The van der Waals surface area contributed by atoms with Crippen molar-refractivity contribution in [1.29, 1.82) is 0 Å². The maximum atomic E-state index is 13.0. The zero-order valence-electron chi connectivity index (χ0n) is 14.8. The van der Waals surface area contributed by atoms with E-state index >= 15 is 0 Å². The molecule has 0 saturated carbocycles. The Hall–Kier alpha value is -2.47. The van der Waals surface area contributed by atoms with Gasteiger partial charge in [-0.3, -0.25) is 14.4 Å². The Morgan fingerprint density at radius 1 is 1.08 bits per heavy atom. The maximum Gasteiger partial charge on any atom is 0.256 e. The van der Waals surface area contributed by atoms with Gasteiger partial charge in [0.05, 0.1) is 36.3 Å². The van der Waals surface area contributed by atoms with E-state index in [0.717, 1.165) is 5.57 Å². The van der Waals surface area contributed by atoms with E-state index in [2.05, 4.69) is 0 Å². The second-order valence-corrected chi connectivity index (χ2v) is 7.14. The second kappa shape index (κ2) is 6.68. The molecule has 2 aliphatic heterocycles. The Bertz CT molecular complexity index is 795. The summed E-state index contributed by atoms with van der Waals surface area (Å²) in [5.41, 5.74) is 1.96. The molecule has 1 aromatic carbocycles. The zero-order valence-corrected chi connectivity index (χ0v) is 14.8. The van der Waals surface area contributed by atoms with Gasteiger partial charge in [-0.15, -0.1) is 0 Å². The van der Waals surface area contributed by atoms with Crippen molar-refractivity contribution in [2.45, 2.75) is 19.8 Å². The average Bonchev–Trinajstić information content (AvgIpc) is 2.92. The van der Waals surface area contributed by atoms with E-state index in [1.54, 1.807) is 29.2 Å². The topological polar surface area (TPSA) is 66.9 Å². The fourth-order valence-corrected chi connectivity index (χ4v) is 4.06. The number of para-hydroxylation sites is 1. The van der Waals surface area contributed by atoms with E-state index < -0.39 is 0 Å². The molecule has 0 aromatic heterocycles. The van der Waals surface area contributed by atoms with Gasteiger partial charge in [0.1, 0.15) is 0 Å². The number of amides is 3. The molecule has 1 aromatic rings. The number of nitrogens with zero attached hydrogens (tertiary/aromatic N) is 2. The van der Waals surface area contributed by atoms with Crippen LogP contribution in [0.15, 0.2) is 35.9 Å². The Morgan fingerprint density at radius 2 is 1.77 bits per heavy atom. The number of hydrogen-bond acceptors (Lipinski definition) is 4. The lowest BCUT2D eigenvalue weighted by atomic mass is 9.82. The van der Waals surface area contributed by atoms with E-state index in [1.807, 2.05) is 13.0 Å². The molecule has 0 spiro atoms. The smallest absolute Gasteiger partial charge is 0.256 e. The fourth-order valence-electron chi connectivity index (χ4n) is 4.06. The highest BCUT2D eigenvalue weighted by Gasteiger charge is 2.49. The normalized spacial score (nSPS) is 26.0. The minimum atomic E-state index is -0.308. The van der Waals surface area contributed by atoms with Crippen LogP contribution in [-0.2, 0) is 14.3 Å². The summed E-state index contributed by atoms with van der Waals surface area (Å²) < 4.78 is 5.31. The number of benzene rings is 1. The van der Waals surface area contributed by atoms with Gasteiger partial charge in [0.15, 0.2) is 0 Å². The zero-order chi connectivity index (χ0) is 18.3. The highest BCUT2D eigenvalue weighted by atomic mass is 16.5. The molecule has 3 amide bonds. The van der Waals surface area contributed by atoms with Crippen molar-refractivity contribution in [2.75, 3.05) is 31.2 Å². The molecular weight excluding hydrogens is 332 g/mol. The largest absolute Gasteiger partial charge is 0.378 e. The van der Waals surface area contributed by atoms with Crippen molar-refractivity contribution in [3.63, 3.8) is 0 Å². The van der Waals surface area contributed by atoms with Crippen molar-refractivity contribution in [2.24, 2.45) is 11.8 Å². The number of ether oxygens (including phenoxy) is 1. The number of allylic oxidation sites excluding steroid dienone is 2. The number of morpholine rings is 1. The first-order valence-electron chi connectivity index (χ1n) is 9.07. The summed E-state index contributed by atoms with van der Waals surface area (Å²) >= 11 is 0. The van der Waals surface area contributed by atoms with Gasteiger partial charge in [0, 0.05) is 13.1 Å². The molecule has 2 fully saturated rings. The first-order chi connectivity index (χ1) is 12.6. The lowest BCUT2D eigenvalue weighted by molar-refractivity contribution is -0.122. The number of carbonyl (C=O) groups excluding carboxylic acids is 3. The molecule has 6 heteroatoms. The highest BCUT2D eigenvalue weighted by Crippen LogP contribution is 2.40. The number of rotatable bonds is 2. The van der Waals surface area contributed by atoms with Crippen molar-refractivity contribution in [3.8, 4) is 0 Å². The molecule has 0 unspecified atom stereocenters. The Morgan fingerprint density at radius 3 is 2.54 bits per heavy atom. The summed E-state index contributed by atoms with van der Waals surface area (Å²) in [5.74, 6) is -1.15. The molecule has 4 rings (SSSR count). The monoisotopic (exact) mass is 354 g/mol. The minimum absolute atomic E-state index is 0.159. The number of imide groups is 1. The van der Waals surface area contributed by atoms with E-state index in [1.165, 1.54) is 4.90 Å². The molecule has 6 nitrogen and oxygen atoms in total. The van der Waals surface area contributed by atoms with Crippen LogP contribution in [0, 0.1) is 11.8 Å². The summed E-state index contributed by atoms with van der Waals surface area (Å²) in [5, 5.41) is 0. The van der Waals surface area contributed by atoms with Crippen LogP contribution in [0.2, 0.25) is 0 Å². The number of anilines is 1. The third kappa shape index (κ3) is 2.74. The molecule has 0 radical (unpaired) electrons. The Balaban J connectivity index is 1.67. The average molecular weight is 354 g/mol. The van der Waals surface area contributed by atoms with Gasteiger partial charge >= 0.3 is 0 Å². The maximum absolute atomic E-state index is 13.0. The SMILES string of the molecule is CC1=CC[C@H]2C(=O)N(c3ccccc3C(=O)N3CCOCC3)C(=O)[C@H]2C1. The van der Waals surface area contributed by atoms with Gasteiger partial charge in [0.2, 0.25) is 11.8 Å². The van der Waals surface area contributed by atoms with Crippen LogP contribution in [0.4, 0.5) is 5.69 Å². The number of fused-ring (bicyclic) bond motifs is 1. The van der Waals surface area contributed by atoms with Gasteiger partial charge in [-0.2, -0.15) is 0 Å². The van der Waals surface area contributed by atoms with Crippen LogP contribution in [0.25, 0.3) is 0 Å². The minimum Gasteiger partial charge on any atom is -0.378 e. The quantitative estimate of drug-likeness (QED) is 0.602. The van der Waals surface area contributed by atoms with Gasteiger partial charge < -0.3 is 9.64 Å². The third-order valence-electron chi connectivity index (χ3n) is 5.50. The third-order valence-corrected chi connectivity index (χ3v) is 5.50. The summed E-state index contributed by atoms with van der Waals surface area (Å²) in [6.07, 6.45) is 3.25. The fraction of sp³-hybridized carbons (Fsp3) is 0.450. The molecule has 2 atom stereocenters. The van der Waals surface area contributed by atoms with Crippen molar-refractivity contribution in [3.05, 3.63) is 41.5 Å². The molecule has 2 saturated heterocycles.